The predicted molar refractivity (Wildman–Crippen MR) is 115 cm³/mol. The fourth-order valence-electron chi connectivity index (χ4n) is 3.14. The van der Waals surface area contributed by atoms with E-state index >= 15 is 0 Å². The molecule has 0 unspecified atom stereocenters. The first-order chi connectivity index (χ1) is 13.5. The van der Waals surface area contributed by atoms with Gasteiger partial charge in [-0.1, -0.05) is 0 Å². The normalized spacial score (nSPS) is 13.6. The number of ether oxygens (including phenoxy) is 1. The largest absolute Gasteiger partial charge is 0.455 e. The Labute approximate surface area is 173 Å². The van der Waals surface area contributed by atoms with Crippen LogP contribution in [0, 0.1) is 13.8 Å². The second kappa shape index (κ2) is 9.93. The van der Waals surface area contributed by atoms with E-state index in [0.717, 1.165) is 35.0 Å². The van der Waals surface area contributed by atoms with Crippen molar-refractivity contribution in [3.05, 3.63) is 39.8 Å². The topological polar surface area (TPSA) is 71.5 Å². The predicted octanol–water partition coefficient (Wildman–Crippen LogP) is 3.78. The second-order valence-corrected chi connectivity index (χ2v) is 8.80. The second-order valence-electron chi connectivity index (χ2n) is 6.75. The molecule has 0 bridgehead atoms. The van der Waals surface area contributed by atoms with Crippen molar-refractivity contribution in [1.29, 1.82) is 0 Å². The Bertz CT molecular complexity index is 832. The number of hydrogen-bond donors (Lipinski definition) is 1. The minimum Gasteiger partial charge on any atom is -0.455 e. The molecule has 1 aliphatic heterocycles. The molecule has 6 nitrogen and oxygen atoms in total. The van der Waals surface area contributed by atoms with E-state index in [1.165, 1.54) is 30.3 Å². The highest BCUT2D eigenvalue weighted by atomic mass is 32.2. The van der Waals surface area contributed by atoms with E-state index in [1.54, 1.807) is 11.3 Å². The van der Waals surface area contributed by atoms with Gasteiger partial charge in [0, 0.05) is 35.6 Å². The molecule has 2 heterocycles. The van der Waals surface area contributed by atoms with E-state index in [4.69, 9.17) is 4.74 Å². The number of hydrogen-bond acceptors (Lipinski definition) is 7. The molecule has 1 amide bonds. The zero-order valence-corrected chi connectivity index (χ0v) is 17.8. The van der Waals surface area contributed by atoms with Crippen LogP contribution < -0.4 is 10.2 Å². The minimum absolute atomic E-state index is 0.202. The Morgan fingerprint density at radius 3 is 2.75 bits per heavy atom. The summed E-state index contributed by atoms with van der Waals surface area (Å²) in [6, 6.07) is 5.89. The molecule has 3 rings (SSSR count). The SMILES string of the molecule is Cc1nc(CSCC(=O)OCC(=O)Nc2ccc(N3CCCC3)c(C)c2)cs1. The summed E-state index contributed by atoms with van der Waals surface area (Å²) in [6.45, 7) is 5.89. The zero-order valence-electron chi connectivity index (χ0n) is 16.2. The lowest BCUT2D eigenvalue weighted by Crippen LogP contribution is -2.22. The first-order valence-corrected chi connectivity index (χ1v) is 11.3. The van der Waals surface area contributed by atoms with Crippen molar-refractivity contribution < 1.29 is 14.3 Å². The van der Waals surface area contributed by atoms with Crippen molar-refractivity contribution in [2.45, 2.75) is 32.4 Å². The zero-order chi connectivity index (χ0) is 19.9. The number of aryl methyl sites for hydroxylation is 2. The van der Waals surface area contributed by atoms with E-state index < -0.39 is 5.97 Å². The Morgan fingerprint density at radius 2 is 2.07 bits per heavy atom. The molecule has 1 aromatic carbocycles. The number of carbonyl (C=O) groups is 2. The Hall–Kier alpha value is -2.06. The van der Waals surface area contributed by atoms with Gasteiger partial charge >= 0.3 is 5.97 Å². The minimum atomic E-state index is -0.396. The van der Waals surface area contributed by atoms with Crippen LogP contribution in [-0.4, -0.2) is 42.3 Å². The van der Waals surface area contributed by atoms with Crippen LogP contribution in [0.3, 0.4) is 0 Å². The molecule has 150 valence electrons. The molecule has 8 heteroatoms. The van der Waals surface area contributed by atoms with E-state index in [-0.39, 0.29) is 18.3 Å². The van der Waals surface area contributed by atoms with Crippen LogP contribution in [0.1, 0.15) is 29.1 Å². The van der Waals surface area contributed by atoms with Crippen LogP contribution in [0.4, 0.5) is 11.4 Å². The molecule has 0 radical (unpaired) electrons. The molecular formula is C20H25N3O3S2. The summed E-state index contributed by atoms with van der Waals surface area (Å²) in [4.78, 5) is 30.6. The van der Waals surface area contributed by atoms with Crippen molar-refractivity contribution in [2.24, 2.45) is 0 Å². The van der Waals surface area contributed by atoms with E-state index in [1.807, 2.05) is 37.4 Å². The molecule has 0 spiro atoms. The number of esters is 1. The average Bonchev–Trinajstić information content (AvgIpc) is 3.32. The van der Waals surface area contributed by atoms with Gasteiger partial charge < -0.3 is 15.0 Å². The van der Waals surface area contributed by atoms with E-state index in [2.05, 4.69) is 15.2 Å². The first-order valence-electron chi connectivity index (χ1n) is 9.31. The van der Waals surface area contributed by atoms with Crippen molar-refractivity contribution in [1.82, 2.24) is 4.98 Å². The molecule has 28 heavy (non-hydrogen) atoms. The molecule has 0 saturated carbocycles. The van der Waals surface area contributed by atoms with Crippen LogP contribution in [0.25, 0.3) is 0 Å². The Morgan fingerprint density at radius 1 is 1.29 bits per heavy atom. The number of nitrogens with zero attached hydrogens (tertiary/aromatic N) is 2. The average molecular weight is 420 g/mol. The number of thioether (sulfide) groups is 1. The number of thiazole rings is 1. The number of aromatic nitrogens is 1. The lowest BCUT2D eigenvalue weighted by Gasteiger charge is -2.20. The van der Waals surface area contributed by atoms with E-state index in [9.17, 15) is 9.59 Å². The summed E-state index contributed by atoms with van der Waals surface area (Å²) in [7, 11) is 0. The van der Waals surface area contributed by atoms with Gasteiger partial charge in [-0.3, -0.25) is 9.59 Å². The van der Waals surface area contributed by atoms with Gasteiger partial charge in [-0.15, -0.1) is 23.1 Å². The fraction of sp³-hybridized carbons (Fsp3) is 0.450. The van der Waals surface area contributed by atoms with Crippen molar-refractivity contribution in [3.8, 4) is 0 Å². The van der Waals surface area contributed by atoms with Gasteiger partial charge in [0.15, 0.2) is 6.61 Å². The summed E-state index contributed by atoms with van der Waals surface area (Å²) in [6.07, 6.45) is 2.45. The number of anilines is 2. The highest BCUT2D eigenvalue weighted by Crippen LogP contribution is 2.26. The quantitative estimate of drug-likeness (QED) is 0.657. The summed E-state index contributed by atoms with van der Waals surface area (Å²) in [5.41, 5.74) is 4.03. The monoisotopic (exact) mass is 419 g/mol. The number of nitrogens with one attached hydrogen (secondary N) is 1. The molecular weight excluding hydrogens is 394 g/mol. The third kappa shape index (κ3) is 5.97. The summed E-state index contributed by atoms with van der Waals surface area (Å²) in [5, 5.41) is 5.79. The van der Waals surface area contributed by atoms with Crippen LogP contribution >= 0.6 is 23.1 Å². The van der Waals surface area contributed by atoms with Gasteiger partial charge in [0.05, 0.1) is 16.5 Å². The third-order valence-electron chi connectivity index (χ3n) is 4.43. The van der Waals surface area contributed by atoms with Crippen LogP contribution in [0.5, 0.6) is 0 Å². The van der Waals surface area contributed by atoms with Crippen LogP contribution in [0.15, 0.2) is 23.6 Å². The highest BCUT2D eigenvalue weighted by molar-refractivity contribution is 7.99. The lowest BCUT2D eigenvalue weighted by atomic mass is 10.1. The molecule has 2 aromatic rings. The molecule has 1 aliphatic rings. The lowest BCUT2D eigenvalue weighted by molar-refractivity contribution is -0.144. The number of rotatable bonds is 8. The van der Waals surface area contributed by atoms with Crippen LogP contribution in [-0.2, 0) is 20.1 Å². The van der Waals surface area contributed by atoms with Gasteiger partial charge in [0.1, 0.15) is 0 Å². The van der Waals surface area contributed by atoms with E-state index in [0.29, 0.717) is 5.75 Å². The summed E-state index contributed by atoms with van der Waals surface area (Å²) in [5.74, 6) is 0.136. The molecule has 1 fully saturated rings. The third-order valence-corrected chi connectivity index (χ3v) is 6.19. The molecule has 0 aliphatic carbocycles. The summed E-state index contributed by atoms with van der Waals surface area (Å²) >= 11 is 3.02. The van der Waals surface area contributed by atoms with Gasteiger partial charge in [-0.2, -0.15) is 0 Å². The standard InChI is InChI=1S/C20H25N3O3S2/c1-14-9-16(5-6-18(14)23-7-3-4-8-23)22-19(24)10-26-20(25)13-27-11-17-12-28-15(2)21-17/h5-6,9,12H,3-4,7-8,10-11,13H2,1-2H3,(H,22,24). The van der Waals surface area contributed by atoms with Gasteiger partial charge in [-0.05, 0) is 50.5 Å². The molecule has 1 saturated heterocycles. The Balaban J connectivity index is 1.38. The van der Waals surface area contributed by atoms with Gasteiger partial charge in [-0.25, -0.2) is 4.98 Å². The Kier molecular flexibility index (Phi) is 7.33. The molecule has 1 aromatic heterocycles. The van der Waals surface area contributed by atoms with Crippen molar-refractivity contribution >= 4 is 46.3 Å². The number of carbonyl (C=O) groups excluding carboxylic acids is 2. The van der Waals surface area contributed by atoms with Crippen LogP contribution in [0.2, 0.25) is 0 Å². The fourth-order valence-corrected chi connectivity index (χ4v) is 4.57. The molecule has 1 N–H and O–H groups in total. The maximum absolute atomic E-state index is 12.1. The maximum Gasteiger partial charge on any atom is 0.316 e. The van der Waals surface area contributed by atoms with Gasteiger partial charge in [0.25, 0.3) is 5.91 Å². The van der Waals surface area contributed by atoms with Crippen molar-refractivity contribution in [2.75, 3.05) is 35.7 Å². The van der Waals surface area contributed by atoms with Gasteiger partial charge in [0.2, 0.25) is 0 Å². The number of amides is 1. The highest BCUT2D eigenvalue weighted by Gasteiger charge is 2.15. The summed E-state index contributed by atoms with van der Waals surface area (Å²) < 4.78 is 5.06. The maximum atomic E-state index is 12.1. The number of benzene rings is 1. The smallest absolute Gasteiger partial charge is 0.316 e. The van der Waals surface area contributed by atoms with Crippen molar-refractivity contribution in [3.63, 3.8) is 0 Å². The first kappa shape index (κ1) is 20.7. The molecule has 0 atom stereocenters.